The Labute approximate surface area is 142 Å². The quantitative estimate of drug-likeness (QED) is 0.403. The Morgan fingerprint density at radius 2 is 1.55 bits per heavy atom. The molecule has 1 saturated heterocycles. The average Bonchev–Trinajstić information content (AvgIpc) is 2.38. The van der Waals surface area contributed by atoms with Gasteiger partial charge in [-0.3, -0.25) is 9.89 Å². The number of guanidine groups is 1. The van der Waals surface area contributed by atoms with Gasteiger partial charge in [0.05, 0.1) is 6.54 Å². The monoisotopic (exact) mass is 397 g/mol. The number of hydrogen-bond acceptors (Lipinski definition) is 3. The van der Waals surface area contributed by atoms with Gasteiger partial charge in [0.25, 0.3) is 0 Å². The molecule has 0 aromatic heterocycles. The molecule has 5 nitrogen and oxygen atoms in total. The second-order valence-corrected chi connectivity index (χ2v) is 5.75. The van der Waals surface area contributed by atoms with Gasteiger partial charge >= 0.3 is 0 Å². The van der Waals surface area contributed by atoms with Gasteiger partial charge in [-0.1, -0.05) is 6.92 Å². The van der Waals surface area contributed by atoms with Crippen molar-refractivity contribution in [2.45, 2.75) is 19.9 Å². The maximum Gasteiger partial charge on any atom is 0.195 e. The van der Waals surface area contributed by atoms with Crippen molar-refractivity contribution in [1.82, 2.24) is 19.6 Å². The van der Waals surface area contributed by atoms with Gasteiger partial charge in [0.2, 0.25) is 0 Å². The second-order valence-electron chi connectivity index (χ2n) is 5.75. The SMILES string of the molecule is CCN1CCN(C(C)CN=C(N(C)C)N(C)C)CC1.I. The van der Waals surface area contributed by atoms with Crippen molar-refractivity contribution >= 4 is 29.9 Å². The Kier molecular flexibility index (Phi) is 9.74. The van der Waals surface area contributed by atoms with Crippen LogP contribution in [0.3, 0.4) is 0 Å². The first-order valence-corrected chi connectivity index (χ1v) is 7.31. The van der Waals surface area contributed by atoms with Gasteiger partial charge in [-0.05, 0) is 13.5 Å². The molecule has 0 spiro atoms. The zero-order valence-electron chi connectivity index (χ0n) is 14.0. The summed E-state index contributed by atoms with van der Waals surface area (Å²) < 4.78 is 0. The third kappa shape index (κ3) is 6.13. The summed E-state index contributed by atoms with van der Waals surface area (Å²) in [7, 11) is 8.18. The lowest BCUT2D eigenvalue weighted by Gasteiger charge is -2.37. The summed E-state index contributed by atoms with van der Waals surface area (Å²) in [6, 6.07) is 0.522. The van der Waals surface area contributed by atoms with Crippen LogP contribution in [0.15, 0.2) is 4.99 Å². The molecule has 0 aromatic carbocycles. The van der Waals surface area contributed by atoms with Crippen LogP contribution in [-0.2, 0) is 0 Å². The highest BCUT2D eigenvalue weighted by atomic mass is 127. The number of likely N-dealkylation sites (N-methyl/N-ethyl adjacent to an activating group) is 1. The normalized spacial score (nSPS) is 18.1. The van der Waals surface area contributed by atoms with Crippen LogP contribution in [0, 0.1) is 0 Å². The van der Waals surface area contributed by atoms with Crippen molar-refractivity contribution in [3.63, 3.8) is 0 Å². The van der Waals surface area contributed by atoms with E-state index >= 15 is 0 Å². The van der Waals surface area contributed by atoms with Crippen LogP contribution < -0.4 is 0 Å². The number of aliphatic imine (C=N–C) groups is 1. The number of rotatable bonds is 4. The predicted octanol–water partition coefficient (Wildman–Crippen LogP) is 1.11. The standard InChI is InChI=1S/C14H31N5.HI/c1-7-18-8-10-19(11-9-18)13(2)12-15-14(16(3)4)17(5)6;/h13H,7-12H2,1-6H3;1H. The zero-order chi connectivity index (χ0) is 14.4. The molecule has 1 aliphatic rings. The van der Waals surface area contributed by atoms with E-state index in [1.807, 2.05) is 28.2 Å². The number of halogens is 1. The Bertz CT molecular complexity index is 275. The first-order valence-electron chi connectivity index (χ1n) is 7.31. The van der Waals surface area contributed by atoms with Crippen molar-refractivity contribution in [3.8, 4) is 0 Å². The molecule has 6 heteroatoms. The van der Waals surface area contributed by atoms with Crippen molar-refractivity contribution in [2.75, 3.05) is 67.5 Å². The minimum absolute atomic E-state index is 0. The van der Waals surface area contributed by atoms with Crippen molar-refractivity contribution in [2.24, 2.45) is 4.99 Å². The summed E-state index contributed by atoms with van der Waals surface area (Å²) in [5, 5.41) is 0. The van der Waals surface area contributed by atoms with E-state index in [-0.39, 0.29) is 24.0 Å². The van der Waals surface area contributed by atoms with E-state index in [0.717, 1.165) is 12.5 Å². The van der Waals surface area contributed by atoms with Gasteiger partial charge in [-0.15, -0.1) is 24.0 Å². The number of hydrogen-bond donors (Lipinski definition) is 0. The highest BCUT2D eigenvalue weighted by Gasteiger charge is 2.20. The molecule has 1 heterocycles. The highest BCUT2D eigenvalue weighted by molar-refractivity contribution is 14.0. The van der Waals surface area contributed by atoms with Crippen LogP contribution in [0.5, 0.6) is 0 Å². The van der Waals surface area contributed by atoms with E-state index in [9.17, 15) is 0 Å². The molecule has 0 N–H and O–H groups in total. The van der Waals surface area contributed by atoms with Crippen molar-refractivity contribution in [3.05, 3.63) is 0 Å². The largest absolute Gasteiger partial charge is 0.349 e. The molecule has 0 radical (unpaired) electrons. The van der Waals surface area contributed by atoms with E-state index < -0.39 is 0 Å². The summed E-state index contributed by atoms with van der Waals surface area (Å²) in [6.45, 7) is 11.3. The Balaban J connectivity index is 0.00000361. The predicted molar refractivity (Wildman–Crippen MR) is 98.2 cm³/mol. The van der Waals surface area contributed by atoms with E-state index in [1.165, 1.54) is 32.7 Å². The summed E-state index contributed by atoms with van der Waals surface area (Å²) >= 11 is 0. The third-order valence-corrected chi connectivity index (χ3v) is 3.77. The molecule has 1 aliphatic heterocycles. The lowest BCUT2D eigenvalue weighted by atomic mass is 10.2. The van der Waals surface area contributed by atoms with Crippen molar-refractivity contribution < 1.29 is 0 Å². The molecule has 0 aromatic rings. The maximum absolute atomic E-state index is 4.75. The molecule has 120 valence electrons. The fourth-order valence-corrected chi connectivity index (χ4v) is 2.53. The van der Waals surface area contributed by atoms with Crippen LogP contribution >= 0.6 is 24.0 Å². The number of nitrogens with zero attached hydrogens (tertiary/aromatic N) is 5. The van der Waals surface area contributed by atoms with Crippen LogP contribution in [0.1, 0.15) is 13.8 Å². The van der Waals surface area contributed by atoms with E-state index in [4.69, 9.17) is 4.99 Å². The molecule has 1 rings (SSSR count). The summed E-state index contributed by atoms with van der Waals surface area (Å²) in [6.07, 6.45) is 0. The highest BCUT2D eigenvalue weighted by Crippen LogP contribution is 2.06. The molecule has 0 saturated carbocycles. The first kappa shape index (κ1) is 19.9. The smallest absolute Gasteiger partial charge is 0.195 e. The molecular formula is C14H32IN5. The summed E-state index contributed by atoms with van der Waals surface area (Å²) in [5.74, 6) is 1.04. The molecule has 20 heavy (non-hydrogen) atoms. The van der Waals surface area contributed by atoms with Crippen LogP contribution in [0.25, 0.3) is 0 Å². The van der Waals surface area contributed by atoms with E-state index in [2.05, 4.69) is 33.4 Å². The van der Waals surface area contributed by atoms with Gasteiger partial charge in [0, 0.05) is 60.4 Å². The van der Waals surface area contributed by atoms with E-state index in [1.54, 1.807) is 0 Å². The Hall–Kier alpha value is -0.0800. The topological polar surface area (TPSA) is 25.3 Å². The molecule has 0 amide bonds. The first-order chi connectivity index (χ1) is 8.95. The molecule has 1 fully saturated rings. The number of piperazine rings is 1. The Morgan fingerprint density at radius 3 is 1.95 bits per heavy atom. The van der Waals surface area contributed by atoms with Crippen molar-refractivity contribution in [1.29, 1.82) is 0 Å². The van der Waals surface area contributed by atoms with Crippen LogP contribution in [0.4, 0.5) is 0 Å². The fourth-order valence-electron chi connectivity index (χ4n) is 2.53. The molecule has 1 atom stereocenters. The van der Waals surface area contributed by atoms with Gasteiger partial charge in [-0.2, -0.15) is 0 Å². The summed E-state index contributed by atoms with van der Waals surface area (Å²) in [5.41, 5.74) is 0. The van der Waals surface area contributed by atoms with Gasteiger partial charge in [0.1, 0.15) is 0 Å². The van der Waals surface area contributed by atoms with Gasteiger partial charge in [0.15, 0.2) is 5.96 Å². The molecule has 1 unspecified atom stereocenters. The Morgan fingerprint density at radius 1 is 1.05 bits per heavy atom. The van der Waals surface area contributed by atoms with Crippen LogP contribution in [0.2, 0.25) is 0 Å². The van der Waals surface area contributed by atoms with Crippen LogP contribution in [-0.4, -0.2) is 99.1 Å². The minimum Gasteiger partial charge on any atom is -0.349 e. The lowest BCUT2D eigenvalue weighted by molar-refractivity contribution is 0.109. The maximum atomic E-state index is 4.75. The third-order valence-electron chi connectivity index (χ3n) is 3.77. The van der Waals surface area contributed by atoms with Gasteiger partial charge < -0.3 is 14.7 Å². The molecular weight excluding hydrogens is 365 g/mol. The zero-order valence-corrected chi connectivity index (χ0v) is 16.3. The minimum atomic E-state index is 0. The molecule has 0 bridgehead atoms. The average molecular weight is 397 g/mol. The lowest BCUT2D eigenvalue weighted by Crippen LogP contribution is -2.50. The van der Waals surface area contributed by atoms with Gasteiger partial charge in [-0.25, -0.2) is 0 Å². The molecule has 0 aliphatic carbocycles. The second kappa shape index (κ2) is 9.78. The summed E-state index contributed by atoms with van der Waals surface area (Å²) in [4.78, 5) is 14.0. The van der Waals surface area contributed by atoms with E-state index in [0.29, 0.717) is 6.04 Å². The fraction of sp³-hybridized carbons (Fsp3) is 0.929.